The van der Waals surface area contributed by atoms with E-state index in [0.717, 1.165) is 0 Å². The van der Waals surface area contributed by atoms with Crippen LogP contribution >= 0.6 is 11.6 Å². The van der Waals surface area contributed by atoms with Gasteiger partial charge in [0, 0.05) is 5.02 Å². The van der Waals surface area contributed by atoms with Crippen molar-refractivity contribution < 1.29 is 8.42 Å². The maximum Gasteiger partial charge on any atom is 0.241 e. The molecule has 0 aromatic heterocycles. The Bertz CT molecular complexity index is 462. The number of hydrogen-bond acceptors (Lipinski definition) is 2. The van der Waals surface area contributed by atoms with E-state index < -0.39 is 10.0 Å². The summed E-state index contributed by atoms with van der Waals surface area (Å²) in [6.07, 6.45) is 4.94. The van der Waals surface area contributed by atoms with Crippen molar-refractivity contribution in [3.05, 3.63) is 29.3 Å². The molecule has 1 aromatic rings. The van der Waals surface area contributed by atoms with E-state index in [0.29, 0.717) is 5.02 Å². The third-order valence-corrected chi connectivity index (χ3v) is 3.10. The first-order valence-electron chi connectivity index (χ1n) is 3.75. The summed E-state index contributed by atoms with van der Waals surface area (Å²) < 4.78 is 25.2. The van der Waals surface area contributed by atoms with Crippen LogP contribution in [0.1, 0.15) is 0 Å². The van der Waals surface area contributed by atoms with Gasteiger partial charge in [-0.25, -0.2) is 8.42 Å². The summed E-state index contributed by atoms with van der Waals surface area (Å²) in [5.74, 6) is 2.18. The molecular formula is C9H8ClNO2S. The lowest BCUT2D eigenvalue weighted by molar-refractivity contribution is 0.586. The third-order valence-electron chi connectivity index (χ3n) is 1.47. The Balaban J connectivity index is 3.00. The van der Waals surface area contributed by atoms with Crippen molar-refractivity contribution in [2.45, 2.75) is 4.90 Å². The molecule has 0 bridgehead atoms. The van der Waals surface area contributed by atoms with Gasteiger partial charge in [-0.2, -0.15) is 4.72 Å². The monoisotopic (exact) mass is 229 g/mol. The highest BCUT2D eigenvalue weighted by Crippen LogP contribution is 2.14. The quantitative estimate of drug-likeness (QED) is 0.793. The molecule has 0 aliphatic rings. The van der Waals surface area contributed by atoms with Crippen molar-refractivity contribution in [2.24, 2.45) is 0 Å². The summed E-state index contributed by atoms with van der Waals surface area (Å²) in [5, 5.41) is 0.369. The molecule has 0 radical (unpaired) electrons. The SMILES string of the molecule is C#CCNS(=O)(=O)c1cccc(Cl)c1. The summed E-state index contributed by atoms with van der Waals surface area (Å²) in [4.78, 5) is 0.111. The number of halogens is 1. The zero-order chi connectivity index (χ0) is 10.6. The van der Waals surface area contributed by atoms with Gasteiger partial charge in [0.15, 0.2) is 0 Å². The minimum absolute atomic E-state index is 0.0329. The molecule has 1 N–H and O–H groups in total. The van der Waals surface area contributed by atoms with Crippen LogP contribution in [0, 0.1) is 12.3 Å². The van der Waals surface area contributed by atoms with Crippen molar-refractivity contribution in [2.75, 3.05) is 6.54 Å². The van der Waals surface area contributed by atoms with Crippen LogP contribution in [-0.2, 0) is 10.0 Å². The normalized spacial score (nSPS) is 10.9. The average molecular weight is 230 g/mol. The van der Waals surface area contributed by atoms with E-state index in [-0.39, 0.29) is 11.4 Å². The standard InChI is InChI=1S/C9H8ClNO2S/c1-2-6-11-14(12,13)9-5-3-4-8(10)7-9/h1,3-5,7,11H,6H2. The van der Waals surface area contributed by atoms with Gasteiger partial charge in [-0.15, -0.1) is 6.42 Å². The second-order valence-corrected chi connectivity index (χ2v) is 4.69. The lowest BCUT2D eigenvalue weighted by Gasteiger charge is -2.03. The van der Waals surface area contributed by atoms with Crippen LogP contribution in [-0.4, -0.2) is 15.0 Å². The molecule has 0 fully saturated rings. The van der Waals surface area contributed by atoms with Crippen LogP contribution in [0.2, 0.25) is 5.02 Å². The van der Waals surface area contributed by atoms with Crippen molar-refractivity contribution >= 4 is 21.6 Å². The highest BCUT2D eigenvalue weighted by molar-refractivity contribution is 7.89. The molecule has 0 aliphatic carbocycles. The summed E-state index contributed by atoms with van der Waals surface area (Å²) in [5.41, 5.74) is 0. The summed E-state index contributed by atoms with van der Waals surface area (Å²) in [7, 11) is -3.52. The molecule has 0 heterocycles. The zero-order valence-corrected chi connectivity index (χ0v) is 8.77. The summed E-state index contributed by atoms with van der Waals surface area (Å²) in [6.45, 7) is -0.0329. The fraction of sp³-hybridized carbons (Fsp3) is 0.111. The maximum atomic E-state index is 11.5. The number of nitrogens with one attached hydrogen (secondary N) is 1. The van der Waals surface area contributed by atoms with Crippen molar-refractivity contribution in [3.8, 4) is 12.3 Å². The second-order valence-electron chi connectivity index (χ2n) is 2.49. The van der Waals surface area contributed by atoms with Crippen LogP contribution in [0.4, 0.5) is 0 Å². The van der Waals surface area contributed by atoms with Crippen molar-refractivity contribution in [1.29, 1.82) is 0 Å². The number of terminal acetylenes is 1. The van der Waals surface area contributed by atoms with E-state index in [1.807, 2.05) is 0 Å². The molecule has 1 aromatic carbocycles. The maximum absolute atomic E-state index is 11.5. The Morgan fingerprint density at radius 3 is 2.79 bits per heavy atom. The number of hydrogen-bond donors (Lipinski definition) is 1. The van der Waals surface area contributed by atoms with Gasteiger partial charge in [0.05, 0.1) is 11.4 Å². The van der Waals surface area contributed by atoms with E-state index >= 15 is 0 Å². The molecule has 74 valence electrons. The summed E-state index contributed by atoms with van der Waals surface area (Å²) in [6, 6.07) is 5.97. The Hall–Kier alpha value is -1.02. The molecule has 0 atom stereocenters. The van der Waals surface area contributed by atoms with Crippen LogP contribution in [0.5, 0.6) is 0 Å². The van der Waals surface area contributed by atoms with Gasteiger partial charge in [-0.1, -0.05) is 23.6 Å². The van der Waals surface area contributed by atoms with E-state index in [9.17, 15) is 8.42 Å². The molecule has 0 amide bonds. The predicted octanol–water partition coefficient (Wildman–Crippen LogP) is 1.25. The highest BCUT2D eigenvalue weighted by Gasteiger charge is 2.12. The number of benzene rings is 1. The highest BCUT2D eigenvalue weighted by atomic mass is 35.5. The number of rotatable bonds is 3. The molecule has 3 nitrogen and oxygen atoms in total. The van der Waals surface area contributed by atoms with Gasteiger partial charge in [-0.05, 0) is 18.2 Å². The van der Waals surface area contributed by atoms with E-state index in [1.165, 1.54) is 12.1 Å². The van der Waals surface area contributed by atoms with Crippen LogP contribution in [0.15, 0.2) is 29.2 Å². The zero-order valence-electron chi connectivity index (χ0n) is 7.20. The lowest BCUT2D eigenvalue weighted by Crippen LogP contribution is -2.23. The Morgan fingerprint density at radius 1 is 1.50 bits per heavy atom. The molecule has 1 rings (SSSR count). The number of sulfonamides is 1. The molecule has 0 spiro atoms. The van der Waals surface area contributed by atoms with E-state index in [4.69, 9.17) is 18.0 Å². The Kier molecular flexibility index (Phi) is 3.53. The van der Waals surface area contributed by atoms with Gasteiger partial charge >= 0.3 is 0 Å². The molecule has 0 saturated carbocycles. The molecule has 5 heteroatoms. The van der Waals surface area contributed by atoms with Crippen molar-refractivity contribution in [3.63, 3.8) is 0 Å². The van der Waals surface area contributed by atoms with Gasteiger partial charge in [0.25, 0.3) is 0 Å². The topological polar surface area (TPSA) is 46.2 Å². The first-order valence-corrected chi connectivity index (χ1v) is 5.61. The minimum atomic E-state index is -3.52. The fourth-order valence-electron chi connectivity index (χ4n) is 0.854. The minimum Gasteiger partial charge on any atom is -0.207 e. The van der Waals surface area contributed by atoms with E-state index in [1.54, 1.807) is 12.1 Å². The predicted molar refractivity (Wildman–Crippen MR) is 55.5 cm³/mol. The molecular weight excluding hydrogens is 222 g/mol. The van der Waals surface area contributed by atoms with Crippen LogP contribution in [0.25, 0.3) is 0 Å². The first-order chi connectivity index (χ1) is 6.56. The van der Waals surface area contributed by atoms with Crippen molar-refractivity contribution in [1.82, 2.24) is 4.72 Å². The Labute approximate surface area is 88.1 Å². The second kappa shape index (κ2) is 4.47. The van der Waals surface area contributed by atoms with E-state index in [2.05, 4.69) is 10.6 Å². The Morgan fingerprint density at radius 2 is 2.21 bits per heavy atom. The fourth-order valence-corrected chi connectivity index (χ4v) is 2.09. The first kappa shape index (κ1) is 11.1. The smallest absolute Gasteiger partial charge is 0.207 e. The van der Waals surface area contributed by atoms with Gasteiger partial charge in [0.1, 0.15) is 0 Å². The lowest BCUT2D eigenvalue weighted by atomic mass is 10.4. The third kappa shape index (κ3) is 2.74. The largest absolute Gasteiger partial charge is 0.241 e. The van der Waals surface area contributed by atoms with Crippen LogP contribution in [0.3, 0.4) is 0 Å². The van der Waals surface area contributed by atoms with Gasteiger partial charge < -0.3 is 0 Å². The molecule has 14 heavy (non-hydrogen) atoms. The van der Waals surface area contributed by atoms with Gasteiger partial charge in [0.2, 0.25) is 10.0 Å². The van der Waals surface area contributed by atoms with Gasteiger partial charge in [-0.3, -0.25) is 0 Å². The molecule has 0 aliphatic heterocycles. The summed E-state index contributed by atoms with van der Waals surface area (Å²) >= 11 is 5.65. The molecule has 0 saturated heterocycles. The molecule has 0 unspecified atom stereocenters. The average Bonchev–Trinajstić information content (AvgIpc) is 2.15. The van der Waals surface area contributed by atoms with Crippen LogP contribution < -0.4 is 4.72 Å².